The molecule has 1 aromatic carbocycles. The van der Waals surface area contributed by atoms with Crippen LogP contribution < -0.4 is 0 Å². The highest BCUT2D eigenvalue weighted by Gasteiger charge is 2.50. The average Bonchev–Trinajstić information content (AvgIpc) is 2.71. The third-order valence-electron chi connectivity index (χ3n) is 4.67. The highest BCUT2D eigenvalue weighted by molar-refractivity contribution is 14.1. The molecule has 1 aromatic rings. The third-order valence-corrected chi connectivity index (χ3v) is 5.86. The van der Waals surface area contributed by atoms with Gasteiger partial charge in [-0.25, -0.2) is 0 Å². The Balaban J connectivity index is 2.01. The van der Waals surface area contributed by atoms with Gasteiger partial charge < -0.3 is 0 Å². The summed E-state index contributed by atoms with van der Waals surface area (Å²) >= 11 is 2.64. The van der Waals surface area contributed by atoms with Gasteiger partial charge in [0.15, 0.2) is 0 Å². The van der Waals surface area contributed by atoms with Crippen LogP contribution in [0, 0.1) is 3.57 Å². The fourth-order valence-electron chi connectivity index (χ4n) is 3.67. The second-order valence-corrected chi connectivity index (χ2v) is 6.57. The van der Waals surface area contributed by atoms with Crippen LogP contribution in [-0.2, 0) is 24.7 Å². The maximum Gasteiger partial charge on any atom is 0.0205 e. The van der Waals surface area contributed by atoms with Gasteiger partial charge in [-0.15, -0.1) is 0 Å². The average molecular weight is 310 g/mol. The first-order valence-corrected chi connectivity index (χ1v) is 7.22. The molecule has 1 heteroatoms. The summed E-state index contributed by atoms with van der Waals surface area (Å²) in [4.78, 5) is 0. The Labute approximate surface area is 105 Å². The first-order chi connectivity index (χ1) is 7.30. The van der Waals surface area contributed by atoms with Crippen molar-refractivity contribution in [3.05, 3.63) is 31.9 Å². The van der Waals surface area contributed by atoms with E-state index >= 15 is 0 Å². The Morgan fingerprint density at radius 1 is 1.00 bits per heavy atom. The van der Waals surface area contributed by atoms with E-state index in [0.717, 1.165) is 0 Å². The number of hydrogen-bond donors (Lipinski definition) is 0. The van der Waals surface area contributed by atoms with Gasteiger partial charge in [0.1, 0.15) is 0 Å². The molecule has 0 saturated heterocycles. The van der Waals surface area contributed by atoms with Crippen molar-refractivity contribution in [2.75, 3.05) is 0 Å². The second kappa shape index (κ2) is 2.79. The topological polar surface area (TPSA) is 0 Å². The maximum absolute atomic E-state index is 2.64. The Hall–Kier alpha value is -0.0500. The maximum atomic E-state index is 2.64. The minimum atomic E-state index is 0.670. The van der Waals surface area contributed by atoms with Crippen LogP contribution in [0.3, 0.4) is 0 Å². The Bertz CT molecular complexity index is 455. The zero-order valence-corrected chi connectivity index (χ0v) is 11.1. The van der Waals surface area contributed by atoms with Crippen LogP contribution in [0.4, 0.5) is 0 Å². The van der Waals surface area contributed by atoms with E-state index in [9.17, 15) is 0 Å². The summed E-state index contributed by atoms with van der Waals surface area (Å²) in [5, 5.41) is 0. The SMILES string of the molecule is Ic1c2c(cc3c1C1(CC3)CC1)CCC2. The van der Waals surface area contributed by atoms with Gasteiger partial charge in [-0.05, 0) is 95.2 Å². The molecule has 0 unspecified atom stereocenters. The molecule has 1 spiro atoms. The van der Waals surface area contributed by atoms with E-state index < -0.39 is 0 Å². The molecule has 4 rings (SSSR count). The van der Waals surface area contributed by atoms with Crippen LogP contribution in [0.2, 0.25) is 0 Å². The number of hydrogen-bond acceptors (Lipinski definition) is 0. The smallest absolute Gasteiger partial charge is 0.0205 e. The molecular formula is C14H15I. The van der Waals surface area contributed by atoms with Crippen molar-refractivity contribution in [1.29, 1.82) is 0 Å². The van der Waals surface area contributed by atoms with E-state index in [1.54, 1.807) is 25.8 Å². The van der Waals surface area contributed by atoms with Gasteiger partial charge in [0, 0.05) is 3.57 Å². The van der Waals surface area contributed by atoms with Gasteiger partial charge in [-0.1, -0.05) is 6.07 Å². The van der Waals surface area contributed by atoms with Crippen LogP contribution >= 0.6 is 22.6 Å². The zero-order chi connectivity index (χ0) is 10.0. The predicted octanol–water partition coefficient (Wildman–Crippen LogP) is 3.76. The molecule has 0 atom stereocenters. The van der Waals surface area contributed by atoms with Crippen molar-refractivity contribution in [2.45, 2.75) is 50.4 Å². The lowest BCUT2D eigenvalue weighted by Gasteiger charge is -2.14. The minimum absolute atomic E-state index is 0.670. The predicted molar refractivity (Wildman–Crippen MR) is 70.4 cm³/mol. The lowest BCUT2D eigenvalue weighted by atomic mass is 9.95. The van der Waals surface area contributed by atoms with Crippen molar-refractivity contribution >= 4 is 22.6 Å². The molecule has 0 amide bonds. The molecule has 0 nitrogen and oxygen atoms in total. The summed E-state index contributed by atoms with van der Waals surface area (Å²) in [7, 11) is 0. The van der Waals surface area contributed by atoms with Crippen molar-refractivity contribution < 1.29 is 0 Å². The van der Waals surface area contributed by atoms with Gasteiger partial charge in [-0.2, -0.15) is 0 Å². The Morgan fingerprint density at radius 2 is 1.87 bits per heavy atom. The van der Waals surface area contributed by atoms with Crippen LogP contribution in [0.1, 0.15) is 47.9 Å². The summed E-state index contributed by atoms with van der Waals surface area (Å²) in [5.74, 6) is 0. The highest BCUT2D eigenvalue weighted by atomic mass is 127. The standard InChI is InChI=1S/C14H15I/c15-13-11-3-1-2-9(11)8-10-4-5-14(6-7-14)12(10)13/h8H,1-7H2. The van der Waals surface area contributed by atoms with E-state index in [-0.39, 0.29) is 0 Å². The molecule has 1 fully saturated rings. The molecule has 3 aliphatic rings. The molecule has 0 aliphatic heterocycles. The molecule has 0 aromatic heterocycles. The van der Waals surface area contributed by atoms with Crippen molar-refractivity contribution in [2.24, 2.45) is 0 Å². The minimum Gasteiger partial charge on any atom is -0.0552 e. The van der Waals surface area contributed by atoms with E-state index in [4.69, 9.17) is 0 Å². The summed E-state index contributed by atoms with van der Waals surface area (Å²) in [6.45, 7) is 0. The normalized spacial score (nSPS) is 24.3. The van der Waals surface area contributed by atoms with Crippen molar-refractivity contribution in [3.8, 4) is 0 Å². The monoisotopic (exact) mass is 310 g/mol. The van der Waals surface area contributed by atoms with Crippen LogP contribution in [0.25, 0.3) is 0 Å². The molecule has 3 aliphatic carbocycles. The van der Waals surface area contributed by atoms with Crippen LogP contribution in [0.5, 0.6) is 0 Å². The third kappa shape index (κ3) is 1.08. The lowest BCUT2D eigenvalue weighted by molar-refractivity contribution is 0.677. The Morgan fingerprint density at radius 3 is 2.67 bits per heavy atom. The first kappa shape index (κ1) is 9.03. The first-order valence-electron chi connectivity index (χ1n) is 6.14. The molecule has 0 heterocycles. The fraction of sp³-hybridized carbons (Fsp3) is 0.571. The fourth-order valence-corrected chi connectivity index (χ4v) is 5.21. The zero-order valence-electron chi connectivity index (χ0n) is 8.91. The lowest BCUT2D eigenvalue weighted by Crippen LogP contribution is -2.05. The summed E-state index contributed by atoms with van der Waals surface area (Å²) in [5.41, 5.74) is 7.54. The summed E-state index contributed by atoms with van der Waals surface area (Å²) in [6.07, 6.45) is 9.81. The quantitative estimate of drug-likeness (QED) is 0.640. The largest absolute Gasteiger partial charge is 0.0552 e. The number of aryl methyl sites for hydroxylation is 2. The van der Waals surface area contributed by atoms with Crippen LogP contribution in [0.15, 0.2) is 6.07 Å². The van der Waals surface area contributed by atoms with E-state index in [0.29, 0.717) is 5.41 Å². The van der Waals surface area contributed by atoms with Crippen molar-refractivity contribution in [1.82, 2.24) is 0 Å². The molecule has 78 valence electrons. The number of benzene rings is 1. The summed E-state index contributed by atoms with van der Waals surface area (Å²) < 4.78 is 1.66. The van der Waals surface area contributed by atoms with Gasteiger partial charge in [0.2, 0.25) is 0 Å². The number of halogens is 1. The molecule has 1 saturated carbocycles. The Kier molecular flexibility index (Phi) is 1.68. The highest BCUT2D eigenvalue weighted by Crippen LogP contribution is 2.58. The molecule has 0 radical (unpaired) electrons. The van der Waals surface area contributed by atoms with Gasteiger partial charge in [-0.3, -0.25) is 0 Å². The number of fused-ring (bicyclic) bond motifs is 3. The van der Waals surface area contributed by atoms with Gasteiger partial charge >= 0.3 is 0 Å². The van der Waals surface area contributed by atoms with Crippen molar-refractivity contribution in [3.63, 3.8) is 0 Å². The molecular weight excluding hydrogens is 295 g/mol. The van der Waals surface area contributed by atoms with E-state index in [1.165, 1.54) is 44.9 Å². The van der Waals surface area contributed by atoms with E-state index in [1.807, 2.05) is 0 Å². The van der Waals surface area contributed by atoms with Crippen LogP contribution in [-0.4, -0.2) is 0 Å². The second-order valence-electron chi connectivity index (χ2n) is 5.50. The van der Waals surface area contributed by atoms with Gasteiger partial charge in [0.05, 0.1) is 0 Å². The van der Waals surface area contributed by atoms with E-state index in [2.05, 4.69) is 28.7 Å². The van der Waals surface area contributed by atoms with Gasteiger partial charge in [0.25, 0.3) is 0 Å². The molecule has 0 N–H and O–H groups in total. The molecule has 15 heavy (non-hydrogen) atoms. The number of rotatable bonds is 0. The summed E-state index contributed by atoms with van der Waals surface area (Å²) in [6, 6.07) is 2.55. The molecule has 0 bridgehead atoms.